The fourth-order valence-electron chi connectivity index (χ4n) is 2.46. The van der Waals surface area contributed by atoms with E-state index in [-0.39, 0.29) is 16.9 Å². The number of nitrogens with zero attached hydrogens (tertiary/aromatic N) is 1. The zero-order chi connectivity index (χ0) is 20.0. The van der Waals surface area contributed by atoms with Gasteiger partial charge < -0.3 is 19.3 Å². The summed E-state index contributed by atoms with van der Waals surface area (Å²) >= 11 is 0. The second-order valence-corrected chi connectivity index (χ2v) is 5.43. The Morgan fingerprint density at radius 1 is 1.11 bits per heavy atom. The van der Waals surface area contributed by atoms with Crippen molar-refractivity contribution in [3.63, 3.8) is 0 Å². The Morgan fingerprint density at radius 2 is 1.74 bits per heavy atom. The molecule has 144 valence electrons. The van der Waals surface area contributed by atoms with Gasteiger partial charge in [-0.2, -0.15) is 5.10 Å². The number of aromatic hydroxyl groups is 1. The van der Waals surface area contributed by atoms with E-state index >= 15 is 0 Å². The van der Waals surface area contributed by atoms with Gasteiger partial charge in [0.2, 0.25) is 5.75 Å². The van der Waals surface area contributed by atoms with Crippen molar-refractivity contribution in [2.75, 3.05) is 21.3 Å². The second-order valence-electron chi connectivity index (χ2n) is 5.43. The van der Waals surface area contributed by atoms with Crippen molar-refractivity contribution in [1.29, 1.82) is 0 Å². The molecule has 0 atom stereocenters. The predicted molar refractivity (Wildman–Crippen MR) is 98.5 cm³/mol. The van der Waals surface area contributed by atoms with E-state index in [2.05, 4.69) is 10.5 Å². The Kier molecular flexibility index (Phi) is 6.59. The maximum atomic E-state index is 13.5. The summed E-state index contributed by atoms with van der Waals surface area (Å²) in [7, 11) is 4.35. The topological polar surface area (TPSA) is 89.4 Å². The van der Waals surface area contributed by atoms with Gasteiger partial charge in [-0.25, -0.2) is 9.82 Å². The van der Waals surface area contributed by atoms with E-state index in [1.165, 1.54) is 39.5 Å². The molecule has 1 amide bonds. The lowest BCUT2D eigenvalue weighted by molar-refractivity contribution is 0.0954. The van der Waals surface area contributed by atoms with Crippen molar-refractivity contribution < 1.29 is 28.5 Å². The maximum absolute atomic E-state index is 13.5. The molecule has 0 saturated heterocycles. The first-order chi connectivity index (χ1) is 12.9. The Balaban J connectivity index is 2.33. The Hall–Kier alpha value is -3.29. The van der Waals surface area contributed by atoms with Crippen LogP contribution in [0.15, 0.2) is 35.4 Å². The summed E-state index contributed by atoms with van der Waals surface area (Å²) in [4.78, 5) is 12.5. The molecule has 2 aromatic carbocycles. The first-order valence-electron chi connectivity index (χ1n) is 8.10. The molecule has 0 aliphatic carbocycles. The number of nitrogens with one attached hydrogen (secondary N) is 1. The van der Waals surface area contributed by atoms with Crippen LogP contribution in [0.25, 0.3) is 0 Å². The molecule has 0 fully saturated rings. The number of amides is 1. The van der Waals surface area contributed by atoms with E-state index in [1.807, 2.05) is 0 Å². The molecule has 0 spiro atoms. The van der Waals surface area contributed by atoms with Crippen LogP contribution in [0.4, 0.5) is 4.39 Å². The number of carbonyl (C=O) groups is 1. The van der Waals surface area contributed by atoms with Crippen LogP contribution >= 0.6 is 0 Å². The third kappa shape index (κ3) is 4.46. The summed E-state index contributed by atoms with van der Waals surface area (Å²) in [6.45, 7) is 1.77. The van der Waals surface area contributed by atoms with Crippen molar-refractivity contribution in [3.8, 4) is 23.0 Å². The summed E-state index contributed by atoms with van der Waals surface area (Å²) < 4.78 is 29.1. The highest BCUT2D eigenvalue weighted by molar-refractivity contribution is 6.04. The molecular weight excluding hydrogens is 355 g/mol. The van der Waals surface area contributed by atoms with Gasteiger partial charge in [-0.3, -0.25) is 4.79 Å². The summed E-state index contributed by atoms with van der Waals surface area (Å²) in [5.41, 5.74) is 3.17. The van der Waals surface area contributed by atoms with Gasteiger partial charge in [-0.05, 0) is 36.8 Å². The zero-order valence-electron chi connectivity index (χ0n) is 15.5. The molecule has 2 rings (SSSR count). The molecule has 7 nitrogen and oxygen atoms in total. The van der Waals surface area contributed by atoms with E-state index < -0.39 is 11.7 Å². The van der Waals surface area contributed by atoms with Crippen molar-refractivity contribution in [3.05, 3.63) is 47.3 Å². The number of hydrazone groups is 1. The van der Waals surface area contributed by atoms with E-state index in [0.717, 1.165) is 12.1 Å². The summed E-state index contributed by atoms with van der Waals surface area (Å²) in [6, 6.07) is 6.50. The van der Waals surface area contributed by atoms with Gasteiger partial charge in [0.15, 0.2) is 11.5 Å². The van der Waals surface area contributed by atoms with Gasteiger partial charge in [-0.1, -0.05) is 6.92 Å². The van der Waals surface area contributed by atoms with E-state index in [1.54, 1.807) is 6.92 Å². The molecule has 27 heavy (non-hydrogen) atoms. The highest BCUT2D eigenvalue weighted by Crippen LogP contribution is 2.38. The number of halogens is 1. The van der Waals surface area contributed by atoms with Crippen LogP contribution in [0.2, 0.25) is 0 Å². The Labute approximate surface area is 156 Å². The number of benzene rings is 2. The molecule has 0 saturated carbocycles. The number of phenolic OH excluding ortho intramolecular Hbond substituents is 1. The van der Waals surface area contributed by atoms with Crippen LogP contribution in [-0.4, -0.2) is 38.1 Å². The molecule has 0 aliphatic heterocycles. The van der Waals surface area contributed by atoms with Gasteiger partial charge >= 0.3 is 0 Å². The van der Waals surface area contributed by atoms with E-state index in [0.29, 0.717) is 29.4 Å². The summed E-state index contributed by atoms with van der Waals surface area (Å²) in [5.74, 6) is -0.164. The summed E-state index contributed by atoms with van der Waals surface area (Å²) in [5, 5.41) is 13.9. The van der Waals surface area contributed by atoms with Crippen molar-refractivity contribution >= 4 is 11.6 Å². The highest BCUT2D eigenvalue weighted by atomic mass is 19.1. The lowest BCUT2D eigenvalue weighted by Gasteiger charge is -2.13. The zero-order valence-corrected chi connectivity index (χ0v) is 15.5. The Morgan fingerprint density at radius 3 is 2.26 bits per heavy atom. The maximum Gasteiger partial charge on any atom is 0.271 e. The van der Waals surface area contributed by atoms with Crippen LogP contribution in [0.5, 0.6) is 23.0 Å². The lowest BCUT2D eigenvalue weighted by atomic mass is 10.1. The molecule has 0 bridgehead atoms. The minimum atomic E-state index is -0.531. The van der Waals surface area contributed by atoms with Gasteiger partial charge in [0.05, 0.1) is 27.0 Å². The number of carbonyl (C=O) groups excluding carboxylic acids is 1. The standard InChI is InChI=1S/C19H21FN2O5/c1-5-14(13-10-12(20)6-7-15(13)23)21-22-19(24)11-8-16(25-2)18(27-4)17(9-11)26-3/h6-10,23H,5H2,1-4H3,(H,22,24). The monoisotopic (exact) mass is 376 g/mol. The van der Waals surface area contributed by atoms with Crippen LogP contribution in [0, 0.1) is 5.82 Å². The Bertz CT molecular complexity index is 842. The quantitative estimate of drug-likeness (QED) is 0.573. The summed E-state index contributed by atoms with van der Waals surface area (Å²) in [6.07, 6.45) is 0.368. The number of methoxy groups -OCH3 is 3. The van der Waals surface area contributed by atoms with Gasteiger partial charge in [-0.15, -0.1) is 0 Å². The van der Waals surface area contributed by atoms with Crippen molar-refractivity contribution in [2.24, 2.45) is 5.10 Å². The van der Waals surface area contributed by atoms with E-state index in [4.69, 9.17) is 14.2 Å². The molecule has 0 aromatic heterocycles. The molecule has 2 N–H and O–H groups in total. The SMILES string of the molecule is CCC(=NNC(=O)c1cc(OC)c(OC)c(OC)c1)c1cc(F)ccc1O. The van der Waals surface area contributed by atoms with Crippen LogP contribution in [0.3, 0.4) is 0 Å². The molecule has 8 heteroatoms. The number of ether oxygens (including phenoxy) is 3. The normalized spacial score (nSPS) is 11.1. The smallest absolute Gasteiger partial charge is 0.271 e. The molecule has 0 unspecified atom stereocenters. The highest BCUT2D eigenvalue weighted by Gasteiger charge is 2.17. The molecular formula is C19H21FN2O5. The number of hydrogen-bond acceptors (Lipinski definition) is 6. The lowest BCUT2D eigenvalue weighted by Crippen LogP contribution is -2.20. The van der Waals surface area contributed by atoms with Crippen molar-refractivity contribution in [1.82, 2.24) is 5.43 Å². The molecule has 0 heterocycles. The number of rotatable bonds is 7. The third-order valence-electron chi connectivity index (χ3n) is 3.82. The van der Waals surface area contributed by atoms with Crippen LogP contribution in [-0.2, 0) is 0 Å². The first-order valence-corrected chi connectivity index (χ1v) is 8.10. The van der Waals surface area contributed by atoms with E-state index in [9.17, 15) is 14.3 Å². The average Bonchev–Trinajstić information content (AvgIpc) is 2.69. The minimum absolute atomic E-state index is 0.126. The third-order valence-corrected chi connectivity index (χ3v) is 3.82. The van der Waals surface area contributed by atoms with Crippen LogP contribution < -0.4 is 19.6 Å². The molecule has 0 radical (unpaired) electrons. The minimum Gasteiger partial charge on any atom is -0.507 e. The van der Waals surface area contributed by atoms with Gasteiger partial charge in [0.25, 0.3) is 5.91 Å². The predicted octanol–water partition coefficient (Wildman–Crippen LogP) is 3.10. The molecule has 2 aromatic rings. The van der Waals surface area contributed by atoms with Crippen molar-refractivity contribution in [2.45, 2.75) is 13.3 Å². The number of phenols is 1. The fraction of sp³-hybridized carbons (Fsp3) is 0.263. The second kappa shape index (κ2) is 8.88. The van der Waals surface area contributed by atoms with Gasteiger partial charge in [0.1, 0.15) is 11.6 Å². The average molecular weight is 376 g/mol. The van der Waals surface area contributed by atoms with Gasteiger partial charge in [0, 0.05) is 11.1 Å². The first kappa shape index (κ1) is 20.0. The van der Waals surface area contributed by atoms with Crippen LogP contribution in [0.1, 0.15) is 29.3 Å². The molecule has 0 aliphatic rings. The largest absolute Gasteiger partial charge is 0.507 e. The fourth-order valence-corrected chi connectivity index (χ4v) is 2.46. The number of hydrogen-bond donors (Lipinski definition) is 2.